The van der Waals surface area contributed by atoms with Gasteiger partial charge in [-0.05, 0) is 30.3 Å². The molecule has 0 fully saturated rings. The quantitative estimate of drug-likeness (QED) is 0.603. The Balaban J connectivity index is 1.86. The Morgan fingerprint density at radius 3 is 2.55 bits per heavy atom. The summed E-state index contributed by atoms with van der Waals surface area (Å²) in [5.74, 6) is 0.0341. The highest BCUT2D eigenvalue weighted by Crippen LogP contribution is 2.44. The lowest BCUT2D eigenvalue weighted by molar-refractivity contribution is -0.137. The van der Waals surface area contributed by atoms with Gasteiger partial charge in [0.05, 0.1) is 32.9 Å². The summed E-state index contributed by atoms with van der Waals surface area (Å²) in [6.45, 7) is -0.0365. The van der Waals surface area contributed by atoms with E-state index in [0.717, 1.165) is 16.3 Å². The summed E-state index contributed by atoms with van der Waals surface area (Å²) in [4.78, 5) is 26.6. The van der Waals surface area contributed by atoms with E-state index in [1.165, 1.54) is 24.3 Å². The zero-order valence-electron chi connectivity index (χ0n) is 14.3. The zero-order chi connectivity index (χ0) is 20.9. The smallest absolute Gasteiger partial charge is 0.417 e. The van der Waals surface area contributed by atoms with Gasteiger partial charge in [0.2, 0.25) is 0 Å². The van der Waals surface area contributed by atoms with Crippen LogP contribution in [0.25, 0.3) is 10.9 Å². The highest BCUT2D eigenvalue weighted by Gasteiger charge is 2.37. The second-order valence-electron chi connectivity index (χ2n) is 6.34. The number of benzene rings is 2. The van der Waals surface area contributed by atoms with E-state index < -0.39 is 39.9 Å². The molecule has 2 aromatic carbocycles. The molecule has 4 rings (SSSR count). The third-order valence-electron chi connectivity index (χ3n) is 4.40. The normalized spacial score (nSPS) is 16.7. The number of alkyl halides is 3. The molecule has 5 nitrogen and oxygen atoms in total. The third-order valence-corrected chi connectivity index (χ3v) is 6.13. The molecule has 11 heteroatoms. The van der Waals surface area contributed by atoms with Crippen LogP contribution in [0.3, 0.4) is 0 Å². The molecule has 1 aromatic heterocycles. The van der Waals surface area contributed by atoms with Gasteiger partial charge in [0.15, 0.2) is 0 Å². The summed E-state index contributed by atoms with van der Waals surface area (Å²) in [5, 5.41) is -0.859. The van der Waals surface area contributed by atoms with Crippen LogP contribution < -0.4 is 16.0 Å². The van der Waals surface area contributed by atoms with E-state index in [1.54, 1.807) is 0 Å². The van der Waals surface area contributed by atoms with Crippen molar-refractivity contribution in [1.82, 2.24) is 9.55 Å². The van der Waals surface area contributed by atoms with Crippen LogP contribution in [-0.2, 0) is 12.7 Å². The Bertz CT molecular complexity index is 1220. The van der Waals surface area contributed by atoms with Crippen molar-refractivity contribution in [1.29, 1.82) is 0 Å². The van der Waals surface area contributed by atoms with Crippen molar-refractivity contribution in [2.45, 2.75) is 23.7 Å². The van der Waals surface area contributed by atoms with Crippen molar-refractivity contribution >= 4 is 34.3 Å². The van der Waals surface area contributed by atoms with Crippen molar-refractivity contribution in [2.75, 3.05) is 5.75 Å². The van der Waals surface area contributed by atoms with Crippen LogP contribution in [0.15, 0.2) is 44.8 Å². The Morgan fingerprint density at radius 2 is 1.90 bits per heavy atom. The van der Waals surface area contributed by atoms with Crippen LogP contribution in [0.4, 0.5) is 17.6 Å². The summed E-state index contributed by atoms with van der Waals surface area (Å²) in [7, 11) is 0. The van der Waals surface area contributed by atoms with E-state index in [9.17, 15) is 27.2 Å². The molecule has 29 heavy (non-hydrogen) atoms. The molecule has 3 aromatic rings. The summed E-state index contributed by atoms with van der Waals surface area (Å²) < 4.78 is 60.2. The summed E-state index contributed by atoms with van der Waals surface area (Å²) >= 11 is 6.99. The molecule has 1 N–H and O–H groups in total. The van der Waals surface area contributed by atoms with Crippen molar-refractivity contribution in [3.05, 3.63) is 67.6 Å². The lowest BCUT2D eigenvalue weighted by Crippen LogP contribution is -2.35. The maximum absolute atomic E-state index is 13.4. The lowest BCUT2D eigenvalue weighted by Gasteiger charge is -2.18. The summed E-state index contributed by atoms with van der Waals surface area (Å²) in [6, 6.07) is 5.85. The minimum absolute atomic E-state index is 0.00935. The summed E-state index contributed by atoms with van der Waals surface area (Å²) in [6.07, 6.45) is -5.42. The van der Waals surface area contributed by atoms with Crippen LogP contribution in [0.2, 0.25) is 5.02 Å². The van der Waals surface area contributed by atoms with Crippen LogP contribution in [-0.4, -0.2) is 21.4 Å². The molecular formula is C18H11ClF4N2O3S. The van der Waals surface area contributed by atoms with E-state index in [0.29, 0.717) is 11.8 Å². The van der Waals surface area contributed by atoms with Gasteiger partial charge in [-0.25, -0.2) is 9.18 Å². The van der Waals surface area contributed by atoms with Crippen molar-refractivity contribution in [2.24, 2.45) is 0 Å². The molecule has 2 heterocycles. The predicted molar refractivity (Wildman–Crippen MR) is 100 cm³/mol. The Kier molecular flexibility index (Phi) is 4.86. The number of nitrogens with one attached hydrogen (secondary N) is 1. The molecule has 0 saturated heterocycles. The standard InChI is InChI=1S/C18H11ClF4N2O3S/c19-13-12(18(21,22)23)5-11-14-15(13)29-7-10(6-25(14)17(27)24-16(11)26)28-9-3-1-8(20)2-4-9/h1-5,10H,6-7H2,(H,24,26,27)/t10-/m0/s1. The predicted octanol–water partition coefficient (Wildman–Crippen LogP) is 4.05. The Morgan fingerprint density at radius 1 is 1.21 bits per heavy atom. The number of aromatic amines is 1. The first-order valence-electron chi connectivity index (χ1n) is 8.26. The maximum Gasteiger partial charge on any atom is 0.417 e. The first-order valence-corrected chi connectivity index (χ1v) is 9.63. The molecule has 0 spiro atoms. The van der Waals surface area contributed by atoms with Gasteiger partial charge in [0.25, 0.3) is 5.56 Å². The molecule has 152 valence electrons. The third kappa shape index (κ3) is 3.62. The Labute approximate surface area is 169 Å². The minimum Gasteiger partial charge on any atom is -0.488 e. The second kappa shape index (κ2) is 7.10. The zero-order valence-corrected chi connectivity index (χ0v) is 15.9. The first-order chi connectivity index (χ1) is 13.6. The largest absolute Gasteiger partial charge is 0.488 e. The van der Waals surface area contributed by atoms with Gasteiger partial charge >= 0.3 is 11.9 Å². The SMILES string of the molecule is O=c1[nH]c(=O)n2c3c(c(Cl)c(C(F)(F)F)cc13)SC[C@@H](Oc1ccc(F)cc1)C2. The monoisotopic (exact) mass is 446 g/mol. The fourth-order valence-corrected chi connectivity index (χ4v) is 4.66. The molecule has 0 radical (unpaired) electrons. The molecule has 0 amide bonds. The van der Waals surface area contributed by atoms with E-state index in [2.05, 4.69) is 0 Å². The van der Waals surface area contributed by atoms with Crippen LogP contribution in [0, 0.1) is 5.82 Å². The number of ether oxygens (including phenoxy) is 1. The summed E-state index contributed by atoms with van der Waals surface area (Å²) in [5.41, 5.74) is -2.83. The number of thioether (sulfide) groups is 1. The number of halogens is 5. The number of hydrogen-bond donors (Lipinski definition) is 1. The molecule has 0 saturated carbocycles. The van der Waals surface area contributed by atoms with Crippen molar-refractivity contribution in [3.8, 4) is 5.75 Å². The fraction of sp³-hybridized carbons (Fsp3) is 0.222. The van der Waals surface area contributed by atoms with Crippen LogP contribution >= 0.6 is 23.4 Å². The fourth-order valence-electron chi connectivity index (χ4n) is 3.12. The van der Waals surface area contributed by atoms with Gasteiger partial charge in [-0.3, -0.25) is 14.3 Å². The maximum atomic E-state index is 13.4. The van der Waals surface area contributed by atoms with Gasteiger partial charge in [-0.15, -0.1) is 11.8 Å². The average molecular weight is 447 g/mol. The topological polar surface area (TPSA) is 64.1 Å². The second-order valence-corrected chi connectivity index (χ2v) is 7.74. The van der Waals surface area contributed by atoms with Gasteiger partial charge in [0.1, 0.15) is 17.7 Å². The van der Waals surface area contributed by atoms with E-state index in [-0.39, 0.29) is 28.1 Å². The number of aromatic nitrogens is 2. The molecule has 1 aliphatic heterocycles. The average Bonchev–Trinajstić information content (AvgIpc) is 2.83. The van der Waals surface area contributed by atoms with E-state index in [4.69, 9.17) is 16.3 Å². The number of H-pyrrole nitrogens is 1. The number of hydrogen-bond acceptors (Lipinski definition) is 4. The number of nitrogens with zero attached hydrogens (tertiary/aromatic N) is 1. The van der Waals surface area contributed by atoms with Gasteiger partial charge in [-0.1, -0.05) is 11.6 Å². The van der Waals surface area contributed by atoms with E-state index in [1.807, 2.05) is 4.98 Å². The van der Waals surface area contributed by atoms with Gasteiger partial charge in [-0.2, -0.15) is 13.2 Å². The molecule has 0 aliphatic carbocycles. The Hall–Kier alpha value is -2.46. The van der Waals surface area contributed by atoms with Crippen molar-refractivity contribution in [3.63, 3.8) is 0 Å². The molecular weight excluding hydrogens is 436 g/mol. The minimum atomic E-state index is -4.77. The highest BCUT2D eigenvalue weighted by atomic mass is 35.5. The lowest BCUT2D eigenvalue weighted by atomic mass is 10.1. The molecule has 0 bridgehead atoms. The van der Waals surface area contributed by atoms with Gasteiger partial charge < -0.3 is 4.74 Å². The van der Waals surface area contributed by atoms with Crippen LogP contribution in [0.5, 0.6) is 5.75 Å². The van der Waals surface area contributed by atoms with Crippen LogP contribution in [0.1, 0.15) is 5.56 Å². The molecule has 1 atom stereocenters. The van der Waals surface area contributed by atoms with Gasteiger partial charge in [0, 0.05) is 5.75 Å². The molecule has 1 aliphatic rings. The highest BCUT2D eigenvalue weighted by molar-refractivity contribution is 7.99. The number of rotatable bonds is 2. The molecule has 0 unspecified atom stereocenters. The first kappa shape index (κ1) is 19.8. The van der Waals surface area contributed by atoms with Crippen molar-refractivity contribution < 1.29 is 22.3 Å². The van der Waals surface area contributed by atoms with E-state index >= 15 is 0 Å².